The summed E-state index contributed by atoms with van der Waals surface area (Å²) in [5, 5.41) is 14.4. The number of sulfonamides is 1. The maximum atomic E-state index is 13.6. The van der Waals surface area contributed by atoms with Crippen molar-refractivity contribution < 1.29 is 45.7 Å². The van der Waals surface area contributed by atoms with E-state index in [1.54, 1.807) is 21.0 Å². The molecule has 10 nitrogen and oxygen atoms in total. The summed E-state index contributed by atoms with van der Waals surface area (Å²) >= 11 is 0. The Morgan fingerprint density at radius 2 is 1.80 bits per heavy atom. The monoisotopic (exact) mass is 645 g/mol. The van der Waals surface area contributed by atoms with Crippen molar-refractivity contribution in [3.05, 3.63) is 60.2 Å². The lowest BCUT2D eigenvalue weighted by Crippen LogP contribution is -2.53. The zero-order valence-electron chi connectivity index (χ0n) is 25.2. The van der Waals surface area contributed by atoms with E-state index in [-0.39, 0.29) is 48.8 Å². The third kappa shape index (κ3) is 11.3. The standard InChI is InChI=1S/C30H42F3N3O7S/c1-22(2)18-36(44(39,40)26-11-9-25(10-12-26)43-30(31,32)33)19-28(37)27(17-23-7-5-4-6-8-23)34-29(38)20-35(14-16-41-3)24-13-15-42-21-24/h4-12,22,24,27-28,37H,13-21H2,1-3H3,(H,34,38)/t24-,27+,28-/m1/s1. The van der Waals surface area contributed by atoms with E-state index < -0.39 is 34.3 Å². The van der Waals surface area contributed by atoms with Crippen LogP contribution in [0.5, 0.6) is 5.75 Å². The third-order valence-corrected chi connectivity index (χ3v) is 8.96. The summed E-state index contributed by atoms with van der Waals surface area (Å²) in [6.45, 7) is 5.35. The van der Waals surface area contributed by atoms with Crippen LogP contribution < -0.4 is 10.1 Å². The molecule has 0 spiro atoms. The average molecular weight is 646 g/mol. The number of carbonyl (C=O) groups excluding carboxylic acids is 1. The summed E-state index contributed by atoms with van der Waals surface area (Å²) in [5.74, 6) is -1.04. The number of amides is 1. The molecule has 1 aliphatic heterocycles. The minimum atomic E-state index is -4.92. The van der Waals surface area contributed by atoms with Crippen LogP contribution in [0, 0.1) is 5.92 Å². The van der Waals surface area contributed by atoms with Crippen LogP contribution in [-0.4, -0.2) is 106 Å². The molecule has 1 heterocycles. The molecule has 1 amide bonds. The largest absolute Gasteiger partial charge is 0.573 e. The molecular weight excluding hydrogens is 603 g/mol. The van der Waals surface area contributed by atoms with Crippen molar-refractivity contribution in [1.29, 1.82) is 0 Å². The van der Waals surface area contributed by atoms with Crippen molar-refractivity contribution in [3.8, 4) is 5.75 Å². The molecule has 2 aromatic carbocycles. The summed E-state index contributed by atoms with van der Waals surface area (Å²) < 4.78 is 80.7. The lowest BCUT2D eigenvalue weighted by molar-refractivity contribution is -0.274. The molecule has 2 aromatic rings. The number of nitrogens with zero attached hydrogens (tertiary/aromatic N) is 2. The number of hydrogen-bond donors (Lipinski definition) is 2. The van der Waals surface area contributed by atoms with Crippen molar-refractivity contribution >= 4 is 15.9 Å². The molecule has 1 fully saturated rings. The fourth-order valence-electron chi connectivity index (χ4n) is 4.97. The first kappa shape index (κ1) is 35.7. The second-order valence-corrected chi connectivity index (χ2v) is 13.1. The molecule has 1 aliphatic rings. The van der Waals surface area contributed by atoms with Crippen molar-refractivity contribution in [1.82, 2.24) is 14.5 Å². The van der Waals surface area contributed by atoms with E-state index in [0.717, 1.165) is 40.6 Å². The number of carbonyl (C=O) groups is 1. The molecule has 0 unspecified atom stereocenters. The summed E-state index contributed by atoms with van der Waals surface area (Å²) in [4.78, 5) is 15.0. The molecule has 0 aromatic heterocycles. The van der Waals surface area contributed by atoms with Crippen molar-refractivity contribution in [3.63, 3.8) is 0 Å². The SMILES string of the molecule is COCCN(CC(=O)N[C@@H](Cc1ccccc1)[C@H](O)CN(CC(C)C)S(=O)(=O)c1ccc(OC(F)(F)F)cc1)[C@@H]1CCOC1. The molecule has 246 valence electrons. The number of hydrogen-bond acceptors (Lipinski definition) is 8. The molecule has 0 aliphatic carbocycles. The van der Waals surface area contributed by atoms with Gasteiger partial charge in [0, 0.05) is 39.4 Å². The van der Waals surface area contributed by atoms with Gasteiger partial charge in [-0.25, -0.2) is 8.42 Å². The van der Waals surface area contributed by atoms with Crippen LogP contribution in [0.4, 0.5) is 13.2 Å². The van der Waals surface area contributed by atoms with Crippen LogP contribution in [0.2, 0.25) is 0 Å². The highest BCUT2D eigenvalue weighted by Gasteiger charge is 2.34. The topological polar surface area (TPSA) is 118 Å². The van der Waals surface area contributed by atoms with E-state index in [1.165, 1.54) is 0 Å². The van der Waals surface area contributed by atoms with Crippen molar-refractivity contribution in [2.45, 2.75) is 56.1 Å². The Bertz CT molecular complexity index is 1260. The normalized spacial score (nSPS) is 17.3. The van der Waals surface area contributed by atoms with Gasteiger partial charge in [0.25, 0.3) is 0 Å². The van der Waals surface area contributed by atoms with Gasteiger partial charge in [0.05, 0.1) is 36.8 Å². The molecule has 44 heavy (non-hydrogen) atoms. The van der Waals surface area contributed by atoms with Crippen LogP contribution >= 0.6 is 0 Å². The number of aliphatic hydroxyl groups excluding tert-OH is 1. The number of rotatable bonds is 17. The van der Waals surface area contributed by atoms with Gasteiger partial charge in [-0.1, -0.05) is 44.2 Å². The van der Waals surface area contributed by atoms with Crippen LogP contribution in [0.1, 0.15) is 25.8 Å². The van der Waals surface area contributed by atoms with E-state index >= 15 is 0 Å². The Labute approximate surface area is 257 Å². The van der Waals surface area contributed by atoms with Crippen molar-refractivity contribution in [2.75, 3.05) is 53.1 Å². The van der Waals surface area contributed by atoms with Crippen LogP contribution in [-0.2, 0) is 30.7 Å². The Kier molecular flexibility index (Phi) is 13.4. The minimum Gasteiger partial charge on any atom is -0.406 e. The zero-order chi connectivity index (χ0) is 32.3. The summed E-state index contributed by atoms with van der Waals surface area (Å²) in [7, 11) is -2.66. The Morgan fingerprint density at radius 3 is 2.36 bits per heavy atom. The van der Waals surface area contributed by atoms with Crippen LogP contribution in [0.3, 0.4) is 0 Å². The molecular formula is C30H42F3N3O7S. The fourth-order valence-corrected chi connectivity index (χ4v) is 6.60. The maximum Gasteiger partial charge on any atom is 0.573 e. The Morgan fingerprint density at radius 1 is 1.11 bits per heavy atom. The fraction of sp³-hybridized carbons (Fsp3) is 0.567. The predicted octanol–water partition coefficient (Wildman–Crippen LogP) is 3.06. The summed E-state index contributed by atoms with van der Waals surface area (Å²) in [5.41, 5.74) is 0.829. The molecule has 1 saturated heterocycles. The summed E-state index contributed by atoms with van der Waals surface area (Å²) in [6.07, 6.45) is -5.23. The maximum absolute atomic E-state index is 13.6. The van der Waals surface area contributed by atoms with Gasteiger partial charge in [0.2, 0.25) is 15.9 Å². The van der Waals surface area contributed by atoms with Gasteiger partial charge in [-0.3, -0.25) is 9.69 Å². The first-order chi connectivity index (χ1) is 20.8. The smallest absolute Gasteiger partial charge is 0.406 e. The van der Waals surface area contributed by atoms with E-state index in [4.69, 9.17) is 9.47 Å². The molecule has 14 heteroatoms. The van der Waals surface area contributed by atoms with E-state index in [1.807, 2.05) is 35.2 Å². The van der Waals surface area contributed by atoms with E-state index in [2.05, 4.69) is 10.1 Å². The second kappa shape index (κ2) is 16.5. The lowest BCUT2D eigenvalue weighted by Gasteiger charge is -2.32. The first-order valence-electron chi connectivity index (χ1n) is 14.5. The number of benzene rings is 2. The second-order valence-electron chi connectivity index (χ2n) is 11.1. The number of nitrogens with one attached hydrogen (secondary N) is 1. The van der Waals surface area contributed by atoms with Crippen LogP contribution in [0.15, 0.2) is 59.5 Å². The molecule has 3 atom stereocenters. The Hall–Kier alpha value is -2.75. The molecule has 0 bridgehead atoms. The summed E-state index contributed by atoms with van der Waals surface area (Å²) in [6, 6.07) is 12.3. The van der Waals surface area contributed by atoms with E-state index in [9.17, 15) is 31.5 Å². The van der Waals surface area contributed by atoms with Gasteiger partial charge in [0.1, 0.15) is 5.75 Å². The third-order valence-electron chi connectivity index (χ3n) is 7.12. The van der Waals surface area contributed by atoms with Gasteiger partial charge >= 0.3 is 6.36 Å². The predicted molar refractivity (Wildman–Crippen MR) is 157 cm³/mol. The first-order valence-corrected chi connectivity index (χ1v) is 15.9. The zero-order valence-corrected chi connectivity index (χ0v) is 26.0. The van der Waals surface area contributed by atoms with Gasteiger partial charge < -0.3 is 24.6 Å². The number of aliphatic hydroxyl groups is 1. The molecule has 3 rings (SSSR count). The molecule has 0 radical (unpaired) electrons. The minimum absolute atomic E-state index is 0.0265. The van der Waals surface area contributed by atoms with Gasteiger partial charge in [-0.2, -0.15) is 4.31 Å². The number of alkyl halides is 3. The van der Waals surface area contributed by atoms with Crippen molar-refractivity contribution in [2.24, 2.45) is 5.92 Å². The lowest BCUT2D eigenvalue weighted by atomic mass is 10.0. The van der Waals surface area contributed by atoms with Gasteiger partial charge in [-0.05, 0) is 48.6 Å². The van der Waals surface area contributed by atoms with Gasteiger partial charge in [0.15, 0.2) is 0 Å². The molecule has 0 saturated carbocycles. The number of halogens is 3. The molecule has 2 N–H and O–H groups in total. The average Bonchev–Trinajstić information content (AvgIpc) is 3.49. The number of methoxy groups -OCH3 is 1. The Balaban J connectivity index is 1.81. The highest BCUT2D eigenvalue weighted by Crippen LogP contribution is 2.26. The quantitative estimate of drug-likeness (QED) is 0.270. The number of ether oxygens (including phenoxy) is 3. The van der Waals surface area contributed by atoms with Gasteiger partial charge in [-0.15, -0.1) is 13.2 Å². The van der Waals surface area contributed by atoms with Crippen LogP contribution in [0.25, 0.3) is 0 Å². The highest BCUT2D eigenvalue weighted by atomic mass is 32.2. The highest BCUT2D eigenvalue weighted by molar-refractivity contribution is 7.89. The van der Waals surface area contributed by atoms with E-state index in [0.29, 0.717) is 26.4 Å².